The SMILES string of the molecule is CCCCNC(=O)C1CNC[C@H]1C. The van der Waals surface area contributed by atoms with Crippen LogP contribution in [0.25, 0.3) is 0 Å². The molecule has 0 aliphatic carbocycles. The van der Waals surface area contributed by atoms with Gasteiger partial charge in [0.25, 0.3) is 0 Å². The molecule has 1 aliphatic heterocycles. The fraction of sp³-hybridized carbons (Fsp3) is 0.900. The van der Waals surface area contributed by atoms with Crippen molar-refractivity contribution in [2.45, 2.75) is 26.7 Å². The van der Waals surface area contributed by atoms with Gasteiger partial charge in [0.1, 0.15) is 0 Å². The molecule has 1 fully saturated rings. The van der Waals surface area contributed by atoms with E-state index < -0.39 is 0 Å². The first-order valence-corrected chi connectivity index (χ1v) is 5.24. The highest BCUT2D eigenvalue weighted by atomic mass is 16.1. The molecule has 0 radical (unpaired) electrons. The second-order valence-electron chi connectivity index (χ2n) is 3.89. The summed E-state index contributed by atoms with van der Waals surface area (Å²) in [6.45, 7) is 6.92. The summed E-state index contributed by atoms with van der Waals surface area (Å²) in [6, 6.07) is 0. The minimum atomic E-state index is 0.192. The number of amides is 1. The molecule has 2 atom stereocenters. The van der Waals surface area contributed by atoms with Gasteiger partial charge in [-0.2, -0.15) is 0 Å². The van der Waals surface area contributed by atoms with Crippen molar-refractivity contribution in [3.8, 4) is 0 Å². The molecule has 3 heteroatoms. The molecule has 0 aromatic carbocycles. The van der Waals surface area contributed by atoms with Gasteiger partial charge < -0.3 is 10.6 Å². The van der Waals surface area contributed by atoms with Crippen molar-refractivity contribution < 1.29 is 4.79 Å². The number of carbonyl (C=O) groups is 1. The molecule has 2 N–H and O–H groups in total. The van der Waals surface area contributed by atoms with E-state index in [0.717, 1.165) is 32.5 Å². The fourth-order valence-electron chi connectivity index (χ4n) is 1.68. The Morgan fingerprint density at radius 3 is 2.85 bits per heavy atom. The van der Waals surface area contributed by atoms with E-state index in [1.807, 2.05) is 0 Å². The smallest absolute Gasteiger partial charge is 0.224 e. The fourth-order valence-corrected chi connectivity index (χ4v) is 1.68. The van der Waals surface area contributed by atoms with Crippen LogP contribution in [0.5, 0.6) is 0 Å². The van der Waals surface area contributed by atoms with Crippen LogP contribution in [0.1, 0.15) is 26.7 Å². The molecule has 0 spiro atoms. The molecule has 13 heavy (non-hydrogen) atoms. The van der Waals surface area contributed by atoms with Crippen molar-refractivity contribution in [1.82, 2.24) is 10.6 Å². The summed E-state index contributed by atoms with van der Waals surface area (Å²) in [5.74, 6) is 0.907. The van der Waals surface area contributed by atoms with Crippen LogP contribution < -0.4 is 10.6 Å². The van der Waals surface area contributed by atoms with Crippen LogP contribution in [0.3, 0.4) is 0 Å². The number of hydrogen-bond donors (Lipinski definition) is 2. The lowest BCUT2D eigenvalue weighted by atomic mass is 9.97. The third kappa shape index (κ3) is 2.99. The Balaban J connectivity index is 2.22. The van der Waals surface area contributed by atoms with Crippen molar-refractivity contribution in [2.75, 3.05) is 19.6 Å². The number of rotatable bonds is 4. The van der Waals surface area contributed by atoms with E-state index in [9.17, 15) is 4.79 Å². The van der Waals surface area contributed by atoms with Crippen LogP contribution in [0.2, 0.25) is 0 Å². The van der Waals surface area contributed by atoms with Crippen LogP contribution in [0, 0.1) is 11.8 Å². The Morgan fingerprint density at radius 2 is 2.31 bits per heavy atom. The van der Waals surface area contributed by atoms with Gasteiger partial charge >= 0.3 is 0 Å². The monoisotopic (exact) mass is 184 g/mol. The van der Waals surface area contributed by atoms with E-state index >= 15 is 0 Å². The zero-order valence-corrected chi connectivity index (χ0v) is 8.60. The van der Waals surface area contributed by atoms with E-state index in [1.54, 1.807) is 0 Å². The number of hydrogen-bond acceptors (Lipinski definition) is 2. The predicted molar refractivity (Wildman–Crippen MR) is 53.4 cm³/mol. The lowest BCUT2D eigenvalue weighted by molar-refractivity contribution is -0.125. The summed E-state index contributed by atoms with van der Waals surface area (Å²) in [7, 11) is 0. The Labute approximate surface area is 80.3 Å². The van der Waals surface area contributed by atoms with Gasteiger partial charge in [-0.05, 0) is 18.9 Å². The first-order chi connectivity index (χ1) is 6.25. The average molecular weight is 184 g/mol. The molecule has 1 aliphatic rings. The van der Waals surface area contributed by atoms with Gasteiger partial charge in [0.05, 0.1) is 5.92 Å². The second kappa shape index (κ2) is 5.22. The molecular formula is C10H20N2O. The summed E-state index contributed by atoms with van der Waals surface area (Å²) in [5, 5.41) is 6.21. The minimum absolute atomic E-state index is 0.192. The van der Waals surface area contributed by atoms with E-state index in [0.29, 0.717) is 5.92 Å². The van der Waals surface area contributed by atoms with Crippen LogP contribution >= 0.6 is 0 Å². The average Bonchev–Trinajstić information content (AvgIpc) is 2.52. The first kappa shape index (κ1) is 10.5. The Kier molecular flexibility index (Phi) is 4.22. The molecule has 1 saturated heterocycles. The van der Waals surface area contributed by atoms with Gasteiger partial charge in [-0.15, -0.1) is 0 Å². The molecule has 1 heterocycles. The molecule has 76 valence electrons. The maximum atomic E-state index is 11.6. The summed E-state index contributed by atoms with van der Waals surface area (Å²) in [6.07, 6.45) is 2.22. The first-order valence-electron chi connectivity index (χ1n) is 5.24. The molecule has 0 aromatic heterocycles. The summed E-state index contributed by atoms with van der Waals surface area (Å²) < 4.78 is 0. The molecule has 0 aromatic rings. The second-order valence-corrected chi connectivity index (χ2v) is 3.89. The van der Waals surface area contributed by atoms with Gasteiger partial charge in [0, 0.05) is 13.1 Å². The Morgan fingerprint density at radius 1 is 1.54 bits per heavy atom. The highest BCUT2D eigenvalue weighted by molar-refractivity contribution is 5.79. The summed E-state index contributed by atoms with van der Waals surface area (Å²) in [5.41, 5.74) is 0. The van der Waals surface area contributed by atoms with Gasteiger partial charge in [-0.25, -0.2) is 0 Å². The zero-order valence-electron chi connectivity index (χ0n) is 8.60. The maximum Gasteiger partial charge on any atom is 0.224 e. The van der Waals surface area contributed by atoms with Gasteiger partial charge in [-0.1, -0.05) is 20.3 Å². The van der Waals surface area contributed by atoms with E-state index in [2.05, 4.69) is 24.5 Å². The third-order valence-electron chi connectivity index (χ3n) is 2.68. The Hall–Kier alpha value is -0.570. The highest BCUT2D eigenvalue weighted by Gasteiger charge is 2.28. The van der Waals surface area contributed by atoms with Crippen molar-refractivity contribution in [2.24, 2.45) is 11.8 Å². The largest absolute Gasteiger partial charge is 0.356 e. The normalized spacial score (nSPS) is 27.5. The molecule has 1 amide bonds. The molecule has 0 bridgehead atoms. The minimum Gasteiger partial charge on any atom is -0.356 e. The van der Waals surface area contributed by atoms with Crippen molar-refractivity contribution >= 4 is 5.91 Å². The summed E-state index contributed by atoms with van der Waals surface area (Å²) >= 11 is 0. The van der Waals surface area contributed by atoms with E-state index in [1.165, 1.54) is 0 Å². The quantitative estimate of drug-likeness (QED) is 0.633. The van der Waals surface area contributed by atoms with Crippen molar-refractivity contribution in [3.05, 3.63) is 0 Å². The van der Waals surface area contributed by atoms with E-state index in [4.69, 9.17) is 0 Å². The molecule has 0 saturated carbocycles. The van der Waals surface area contributed by atoms with Crippen molar-refractivity contribution in [1.29, 1.82) is 0 Å². The topological polar surface area (TPSA) is 41.1 Å². The van der Waals surface area contributed by atoms with Gasteiger partial charge in [0.15, 0.2) is 0 Å². The van der Waals surface area contributed by atoms with Gasteiger partial charge in [0.2, 0.25) is 5.91 Å². The third-order valence-corrected chi connectivity index (χ3v) is 2.68. The van der Waals surface area contributed by atoms with Gasteiger partial charge in [-0.3, -0.25) is 4.79 Å². The van der Waals surface area contributed by atoms with Crippen LogP contribution in [0.4, 0.5) is 0 Å². The predicted octanol–water partition coefficient (Wildman–Crippen LogP) is 0.758. The van der Waals surface area contributed by atoms with E-state index in [-0.39, 0.29) is 11.8 Å². The lowest BCUT2D eigenvalue weighted by Gasteiger charge is -2.13. The standard InChI is InChI=1S/C10H20N2O/c1-3-4-5-12-10(13)9-7-11-6-8(9)2/h8-9,11H,3-7H2,1-2H3,(H,12,13)/t8-,9?/m1/s1. The number of nitrogens with one attached hydrogen (secondary N) is 2. The molecule has 1 unspecified atom stereocenters. The van der Waals surface area contributed by atoms with Crippen LogP contribution in [-0.2, 0) is 4.79 Å². The zero-order chi connectivity index (χ0) is 9.68. The molecule has 3 nitrogen and oxygen atoms in total. The summed E-state index contributed by atoms with van der Waals surface area (Å²) in [4.78, 5) is 11.6. The lowest BCUT2D eigenvalue weighted by Crippen LogP contribution is -2.34. The molecule has 1 rings (SSSR count). The number of unbranched alkanes of at least 4 members (excludes halogenated alkanes) is 1. The highest BCUT2D eigenvalue weighted by Crippen LogP contribution is 2.15. The maximum absolute atomic E-state index is 11.6. The van der Waals surface area contributed by atoms with Crippen LogP contribution in [0.15, 0.2) is 0 Å². The van der Waals surface area contributed by atoms with Crippen LogP contribution in [-0.4, -0.2) is 25.5 Å². The Bertz CT molecular complexity index is 170. The number of carbonyl (C=O) groups excluding carboxylic acids is 1. The molecular weight excluding hydrogens is 164 g/mol. The van der Waals surface area contributed by atoms with Crippen molar-refractivity contribution in [3.63, 3.8) is 0 Å².